The lowest BCUT2D eigenvalue weighted by molar-refractivity contribution is 1.36. The van der Waals surface area contributed by atoms with E-state index in [0.29, 0.717) is 5.56 Å². The highest BCUT2D eigenvalue weighted by atomic mass is 14.7. The third-order valence-corrected chi connectivity index (χ3v) is 2.53. The van der Waals surface area contributed by atoms with Gasteiger partial charge in [-0.25, -0.2) is 0 Å². The molecule has 2 heteroatoms. The molecule has 0 N–H and O–H groups in total. The monoisotopic (exact) mass is 356 g/mol. The highest BCUT2D eigenvalue weighted by Crippen LogP contribution is 2.18. The molecule has 0 saturated carbocycles. The molecule has 1 rings (SSSR count). The largest absolute Gasteiger partial charge is 0.261 e. The van der Waals surface area contributed by atoms with Gasteiger partial charge >= 0.3 is 0 Å². The molecular formula is C24H40N2. The van der Waals surface area contributed by atoms with Crippen molar-refractivity contribution in [1.82, 2.24) is 0 Å². The maximum atomic E-state index is 8.62. The zero-order chi connectivity index (χ0) is 21.5. The van der Waals surface area contributed by atoms with Crippen molar-refractivity contribution in [2.75, 3.05) is 0 Å². The first-order valence-electron chi connectivity index (χ1n) is 9.19. The Morgan fingerprint density at radius 3 is 1.77 bits per heavy atom. The third-order valence-electron chi connectivity index (χ3n) is 2.53. The van der Waals surface area contributed by atoms with Gasteiger partial charge in [-0.15, -0.1) is 0 Å². The number of nitrogens with zero attached hydrogens (tertiary/aromatic N) is 2. The average molecular weight is 357 g/mol. The lowest BCUT2D eigenvalue weighted by atomic mass is 10.1. The van der Waals surface area contributed by atoms with Crippen molar-refractivity contribution in [2.24, 2.45) is 4.99 Å². The molecule has 0 aliphatic rings. The summed E-state index contributed by atoms with van der Waals surface area (Å²) in [5.41, 5.74) is 5.01. The second-order valence-electron chi connectivity index (χ2n) is 4.92. The lowest BCUT2D eigenvalue weighted by Crippen LogP contribution is -1.77. The average Bonchev–Trinajstić information content (AvgIpc) is 2.67. The normalized spacial score (nSPS) is 7.73. The highest BCUT2D eigenvalue weighted by molar-refractivity contribution is 5.63. The summed E-state index contributed by atoms with van der Waals surface area (Å²) in [5.74, 6) is 0. The maximum absolute atomic E-state index is 8.62. The fourth-order valence-corrected chi connectivity index (χ4v) is 0.957. The molecule has 0 atom stereocenters. The van der Waals surface area contributed by atoms with Gasteiger partial charge in [0.2, 0.25) is 0 Å². The van der Waals surface area contributed by atoms with Gasteiger partial charge in [-0.2, -0.15) is 5.26 Å². The third kappa shape index (κ3) is 23.9. The van der Waals surface area contributed by atoms with Crippen LogP contribution < -0.4 is 0 Å². The van der Waals surface area contributed by atoms with Gasteiger partial charge in [0, 0.05) is 6.21 Å². The Morgan fingerprint density at radius 1 is 1.08 bits per heavy atom. The van der Waals surface area contributed by atoms with Crippen molar-refractivity contribution < 1.29 is 0 Å². The molecule has 0 radical (unpaired) electrons. The number of allylic oxidation sites excluding steroid dienone is 4. The summed E-state index contributed by atoms with van der Waals surface area (Å²) in [6.07, 6.45) is 5.53. The topological polar surface area (TPSA) is 36.1 Å². The maximum Gasteiger partial charge on any atom is 0.0992 e. The molecule has 0 heterocycles. The highest BCUT2D eigenvalue weighted by Gasteiger charge is 1.96. The van der Waals surface area contributed by atoms with Crippen LogP contribution >= 0.6 is 0 Å². The molecule has 26 heavy (non-hydrogen) atoms. The van der Waals surface area contributed by atoms with Gasteiger partial charge in [-0.3, -0.25) is 4.99 Å². The van der Waals surface area contributed by atoms with E-state index in [9.17, 15) is 0 Å². The minimum absolute atomic E-state index is 0.654. The Morgan fingerprint density at radius 2 is 1.50 bits per heavy atom. The van der Waals surface area contributed by atoms with E-state index in [1.807, 2.05) is 61.5 Å². The molecule has 1 aromatic rings. The van der Waals surface area contributed by atoms with E-state index in [2.05, 4.69) is 44.1 Å². The van der Waals surface area contributed by atoms with E-state index in [4.69, 9.17) is 5.26 Å². The van der Waals surface area contributed by atoms with E-state index in [1.165, 1.54) is 5.57 Å². The molecule has 0 unspecified atom stereocenters. The van der Waals surface area contributed by atoms with Crippen LogP contribution in [-0.2, 0) is 0 Å². The Bertz CT molecular complexity index is 566. The van der Waals surface area contributed by atoms with Crippen LogP contribution in [-0.4, -0.2) is 6.21 Å². The van der Waals surface area contributed by atoms with E-state index >= 15 is 0 Å². The summed E-state index contributed by atoms with van der Waals surface area (Å²) in [6, 6.07) is 7.57. The smallest absolute Gasteiger partial charge is 0.0992 e. The van der Waals surface area contributed by atoms with Crippen molar-refractivity contribution >= 4 is 11.9 Å². The first kappa shape index (κ1) is 31.4. The number of rotatable bonds is 2. The van der Waals surface area contributed by atoms with E-state index in [-0.39, 0.29) is 0 Å². The molecular weight excluding hydrogens is 316 g/mol. The predicted molar refractivity (Wildman–Crippen MR) is 123 cm³/mol. The molecule has 0 aromatic heterocycles. The molecule has 0 fully saturated rings. The fraction of sp³-hybridized carbons (Fsp3) is 0.417. The molecule has 0 amide bonds. The first-order chi connectivity index (χ1) is 12.3. The van der Waals surface area contributed by atoms with Crippen LogP contribution in [0.4, 0.5) is 5.69 Å². The van der Waals surface area contributed by atoms with Crippen molar-refractivity contribution in [1.29, 1.82) is 5.26 Å². The fourth-order valence-electron chi connectivity index (χ4n) is 0.957. The van der Waals surface area contributed by atoms with Crippen molar-refractivity contribution in [3.05, 3.63) is 65.8 Å². The van der Waals surface area contributed by atoms with Crippen LogP contribution in [0.1, 0.15) is 73.4 Å². The summed E-state index contributed by atoms with van der Waals surface area (Å²) in [6.45, 7) is 27.0. The van der Waals surface area contributed by atoms with Gasteiger partial charge in [-0.05, 0) is 59.2 Å². The summed E-state index contributed by atoms with van der Waals surface area (Å²) < 4.78 is 0. The predicted octanol–water partition coefficient (Wildman–Crippen LogP) is 8.36. The standard InChI is InChI=1S/C10H10N2.C5H10.C5H8.2C2H6/c1-3-12-10-6-9(7-11)5-4-8(10)2;2*1-4-5(2)3;2*1-2/h3-6H,1-2H3;4H,1-3H3;4H,1-2H2,3H3;2*1-2H3. The zero-order valence-electron chi connectivity index (χ0n) is 18.8. The molecule has 0 aliphatic carbocycles. The van der Waals surface area contributed by atoms with Crippen LogP contribution in [0.2, 0.25) is 0 Å². The van der Waals surface area contributed by atoms with Gasteiger partial charge < -0.3 is 0 Å². The lowest BCUT2D eigenvalue weighted by Gasteiger charge is -1.98. The van der Waals surface area contributed by atoms with Gasteiger partial charge in [0.15, 0.2) is 0 Å². The van der Waals surface area contributed by atoms with E-state index < -0.39 is 0 Å². The van der Waals surface area contributed by atoms with E-state index in [1.54, 1.807) is 24.4 Å². The van der Waals surface area contributed by atoms with Gasteiger partial charge in [-0.1, -0.05) is 70.2 Å². The molecule has 0 saturated heterocycles. The van der Waals surface area contributed by atoms with Gasteiger partial charge in [0.1, 0.15) is 0 Å². The van der Waals surface area contributed by atoms with Crippen LogP contribution in [0.15, 0.2) is 59.6 Å². The van der Waals surface area contributed by atoms with Crippen molar-refractivity contribution in [3.63, 3.8) is 0 Å². The number of hydrogen-bond acceptors (Lipinski definition) is 2. The number of benzene rings is 1. The van der Waals surface area contributed by atoms with Gasteiger partial charge in [0.25, 0.3) is 0 Å². The summed E-state index contributed by atoms with van der Waals surface area (Å²) in [4.78, 5) is 4.14. The molecule has 2 nitrogen and oxygen atoms in total. The second-order valence-corrected chi connectivity index (χ2v) is 4.92. The summed E-state index contributed by atoms with van der Waals surface area (Å²) in [7, 11) is 0. The number of nitriles is 1. The van der Waals surface area contributed by atoms with Crippen molar-refractivity contribution in [2.45, 2.75) is 69.2 Å². The Hall–Kier alpha value is -2.40. The molecule has 0 bridgehead atoms. The van der Waals surface area contributed by atoms with Crippen molar-refractivity contribution in [3.8, 4) is 6.07 Å². The number of aliphatic imine (C=N–C) groups is 1. The first-order valence-corrected chi connectivity index (χ1v) is 9.19. The molecule has 0 aliphatic heterocycles. The number of aryl methyl sites for hydroxylation is 1. The molecule has 1 aromatic carbocycles. The van der Waals surface area contributed by atoms with Gasteiger partial charge in [0.05, 0.1) is 17.3 Å². The quantitative estimate of drug-likeness (QED) is 0.298. The second kappa shape index (κ2) is 24.8. The molecule has 0 spiro atoms. The van der Waals surface area contributed by atoms with E-state index in [0.717, 1.165) is 16.8 Å². The van der Waals surface area contributed by atoms with Crippen LogP contribution in [0, 0.1) is 18.3 Å². The van der Waals surface area contributed by atoms with Crippen LogP contribution in [0.5, 0.6) is 0 Å². The Labute approximate surface area is 163 Å². The minimum Gasteiger partial charge on any atom is -0.261 e. The Kier molecular flexibility index (Phi) is 30.0. The summed E-state index contributed by atoms with van der Waals surface area (Å²) in [5, 5.41) is 8.62. The number of hydrogen-bond donors (Lipinski definition) is 0. The zero-order valence-corrected chi connectivity index (χ0v) is 18.8. The van der Waals surface area contributed by atoms with Crippen LogP contribution in [0.3, 0.4) is 0 Å². The summed E-state index contributed by atoms with van der Waals surface area (Å²) >= 11 is 0. The minimum atomic E-state index is 0.654. The SMILES string of the molecule is C=CC(=C)C.CC.CC.CC=C(C)C.CC=Nc1cc(C#N)ccc1C. The Balaban J connectivity index is -0.000000145. The van der Waals surface area contributed by atoms with Crippen LogP contribution in [0.25, 0.3) is 0 Å². The molecule has 146 valence electrons.